The van der Waals surface area contributed by atoms with Crippen LogP contribution in [0.3, 0.4) is 0 Å². The first-order valence-corrected chi connectivity index (χ1v) is 7.71. The number of nitrogens with zero attached hydrogens (tertiary/aromatic N) is 2. The highest BCUT2D eigenvalue weighted by Crippen LogP contribution is 2.52. The Kier molecular flexibility index (Phi) is 2.52. The van der Waals surface area contributed by atoms with Gasteiger partial charge in [0.2, 0.25) is 0 Å². The number of imidazole rings is 1. The number of ether oxygens (including phenoxy) is 1. The number of rotatable bonds is 3. The van der Waals surface area contributed by atoms with Crippen LogP contribution >= 0.6 is 15.9 Å². The van der Waals surface area contributed by atoms with Gasteiger partial charge in [-0.2, -0.15) is 0 Å². The predicted octanol–water partition coefficient (Wildman–Crippen LogP) is 3.34. The van der Waals surface area contributed by atoms with Crippen molar-refractivity contribution in [2.45, 2.75) is 37.1 Å². The molecule has 0 bridgehead atoms. The molecule has 0 saturated heterocycles. The number of hydrogen-bond acceptors (Lipinski definition) is 3. The molecule has 4 nitrogen and oxygen atoms in total. The van der Waals surface area contributed by atoms with E-state index in [0.29, 0.717) is 6.04 Å². The van der Waals surface area contributed by atoms with Crippen LogP contribution in [-0.4, -0.2) is 22.6 Å². The normalized spacial score (nSPS) is 20.1. The van der Waals surface area contributed by atoms with Crippen molar-refractivity contribution in [2.75, 3.05) is 7.11 Å². The standard InChI is InChI=1S/C15H15BrN2O2/c1-20-14(19)15(6-7-15)13-17-11-8-9(16)2-5-12(11)18(13)10-3-4-10/h2,5,8,10H,3-4,6-7H2,1H3. The Balaban J connectivity index is 1.95. The summed E-state index contributed by atoms with van der Waals surface area (Å²) >= 11 is 3.49. The third kappa shape index (κ3) is 1.65. The van der Waals surface area contributed by atoms with E-state index in [1.807, 2.05) is 12.1 Å². The fourth-order valence-corrected chi connectivity index (χ4v) is 3.30. The van der Waals surface area contributed by atoms with E-state index in [0.717, 1.165) is 34.2 Å². The van der Waals surface area contributed by atoms with Gasteiger partial charge in [-0.05, 0) is 43.9 Å². The monoisotopic (exact) mass is 334 g/mol. The fraction of sp³-hybridized carbons (Fsp3) is 0.467. The van der Waals surface area contributed by atoms with E-state index < -0.39 is 5.41 Å². The lowest BCUT2D eigenvalue weighted by Crippen LogP contribution is -2.26. The summed E-state index contributed by atoms with van der Waals surface area (Å²) in [7, 11) is 1.46. The van der Waals surface area contributed by atoms with Gasteiger partial charge in [0.15, 0.2) is 0 Å². The van der Waals surface area contributed by atoms with E-state index in [1.165, 1.54) is 20.0 Å². The molecular weight excluding hydrogens is 320 g/mol. The quantitative estimate of drug-likeness (QED) is 0.808. The fourth-order valence-electron chi connectivity index (χ4n) is 2.95. The molecule has 2 aliphatic carbocycles. The summed E-state index contributed by atoms with van der Waals surface area (Å²) in [4.78, 5) is 16.9. The second-order valence-electron chi connectivity index (χ2n) is 5.74. The molecule has 1 aromatic heterocycles. The number of halogens is 1. The van der Waals surface area contributed by atoms with Crippen LogP contribution in [-0.2, 0) is 14.9 Å². The van der Waals surface area contributed by atoms with Gasteiger partial charge in [-0.15, -0.1) is 0 Å². The first kappa shape index (κ1) is 12.4. The molecule has 2 aromatic rings. The highest BCUT2D eigenvalue weighted by Gasteiger charge is 2.57. The number of carbonyl (C=O) groups is 1. The van der Waals surface area contributed by atoms with Crippen LogP contribution < -0.4 is 0 Å². The average molecular weight is 335 g/mol. The van der Waals surface area contributed by atoms with E-state index in [4.69, 9.17) is 9.72 Å². The maximum Gasteiger partial charge on any atom is 0.319 e. The zero-order valence-corrected chi connectivity index (χ0v) is 12.8. The average Bonchev–Trinajstić information content (AvgIpc) is 3.35. The number of fused-ring (bicyclic) bond motifs is 1. The molecule has 0 amide bonds. The second kappa shape index (κ2) is 4.07. The third-order valence-corrected chi connectivity index (χ3v) is 4.81. The van der Waals surface area contributed by atoms with Gasteiger partial charge in [-0.25, -0.2) is 4.98 Å². The molecule has 0 N–H and O–H groups in total. The molecule has 1 heterocycles. The van der Waals surface area contributed by atoms with Crippen molar-refractivity contribution in [1.29, 1.82) is 0 Å². The summed E-state index contributed by atoms with van der Waals surface area (Å²) < 4.78 is 8.29. The minimum absolute atomic E-state index is 0.145. The highest BCUT2D eigenvalue weighted by atomic mass is 79.9. The summed E-state index contributed by atoms with van der Waals surface area (Å²) in [5.41, 5.74) is 1.58. The highest BCUT2D eigenvalue weighted by molar-refractivity contribution is 9.10. The van der Waals surface area contributed by atoms with Crippen LogP contribution in [0.15, 0.2) is 22.7 Å². The van der Waals surface area contributed by atoms with Crippen molar-refractivity contribution < 1.29 is 9.53 Å². The Morgan fingerprint density at radius 2 is 2.20 bits per heavy atom. The largest absolute Gasteiger partial charge is 0.468 e. The van der Waals surface area contributed by atoms with Crippen molar-refractivity contribution in [3.05, 3.63) is 28.5 Å². The summed E-state index contributed by atoms with van der Waals surface area (Å²) in [6, 6.07) is 6.63. The molecular formula is C15H15BrN2O2. The summed E-state index contributed by atoms with van der Waals surface area (Å²) in [6.45, 7) is 0. The van der Waals surface area contributed by atoms with Gasteiger partial charge < -0.3 is 9.30 Å². The van der Waals surface area contributed by atoms with E-state index in [2.05, 4.69) is 26.6 Å². The Morgan fingerprint density at radius 3 is 2.80 bits per heavy atom. The third-order valence-electron chi connectivity index (χ3n) is 4.32. The van der Waals surface area contributed by atoms with Gasteiger partial charge in [-0.1, -0.05) is 15.9 Å². The number of methoxy groups -OCH3 is 1. The Morgan fingerprint density at radius 1 is 1.45 bits per heavy atom. The van der Waals surface area contributed by atoms with E-state index in [-0.39, 0.29) is 5.97 Å². The molecule has 0 atom stereocenters. The van der Waals surface area contributed by atoms with Gasteiger partial charge in [0.25, 0.3) is 0 Å². The number of hydrogen-bond donors (Lipinski definition) is 0. The van der Waals surface area contributed by atoms with Crippen LogP contribution in [0.2, 0.25) is 0 Å². The van der Waals surface area contributed by atoms with Gasteiger partial charge in [0, 0.05) is 10.5 Å². The lowest BCUT2D eigenvalue weighted by atomic mass is 10.1. The molecule has 0 unspecified atom stereocenters. The van der Waals surface area contributed by atoms with Crippen LogP contribution in [0.5, 0.6) is 0 Å². The minimum Gasteiger partial charge on any atom is -0.468 e. The zero-order chi connectivity index (χ0) is 13.9. The lowest BCUT2D eigenvalue weighted by molar-refractivity contribution is -0.144. The van der Waals surface area contributed by atoms with E-state index in [1.54, 1.807) is 0 Å². The smallest absolute Gasteiger partial charge is 0.319 e. The minimum atomic E-state index is -0.497. The van der Waals surface area contributed by atoms with Gasteiger partial charge in [0.1, 0.15) is 11.2 Å². The molecule has 0 aliphatic heterocycles. The SMILES string of the molecule is COC(=O)C1(c2nc3cc(Br)ccc3n2C2CC2)CC1. The number of benzene rings is 1. The van der Waals surface area contributed by atoms with Crippen molar-refractivity contribution in [3.8, 4) is 0 Å². The molecule has 2 aliphatic rings. The van der Waals surface area contributed by atoms with Gasteiger partial charge >= 0.3 is 5.97 Å². The zero-order valence-electron chi connectivity index (χ0n) is 11.2. The van der Waals surface area contributed by atoms with Crippen molar-refractivity contribution in [2.24, 2.45) is 0 Å². The summed E-state index contributed by atoms with van der Waals surface area (Å²) in [5, 5.41) is 0. The maximum absolute atomic E-state index is 12.2. The summed E-state index contributed by atoms with van der Waals surface area (Å²) in [5.74, 6) is 0.758. The molecule has 2 fully saturated rings. The molecule has 4 rings (SSSR count). The Labute approximate surface area is 125 Å². The topological polar surface area (TPSA) is 44.1 Å². The van der Waals surface area contributed by atoms with Crippen LogP contribution in [0.25, 0.3) is 11.0 Å². The van der Waals surface area contributed by atoms with Crippen molar-refractivity contribution in [3.63, 3.8) is 0 Å². The van der Waals surface area contributed by atoms with E-state index in [9.17, 15) is 4.79 Å². The molecule has 5 heteroatoms. The van der Waals surface area contributed by atoms with Crippen LogP contribution in [0.4, 0.5) is 0 Å². The van der Waals surface area contributed by atoms with Gasteiger partial charge in [0.05, 0.1) is 18.1 Å². The molecule has 1 aromatic carbocycles. The number of esters is 1. The van der Waals surface area contributed by atoms with Gasteiger partial charge in [-0.3, -0.25) is 4.79 Å². The Bertz CT molecular complexity index is 714. The predicted molar refractivity (Wildman–Crippen MR) is 78.6 cm³/mol. The van der Waals surface area contributed by atoms with Crippen LogP contribution in [0, 0.1) is 0 Å². The number of carbonyl (C=O) groups excluding carboxylic acids is 1. The van der Waals surface area contributed by atoms with Crippen molar-refractivity contribution >= 4 is 32.9 Å². The molecule has 104 valence electrons. The Hall–Kier alpha value is -1.36. The summed E-state index contributed by atoms with van der Waals surface area (Å²) in [6.07, 6.45) is 4.03. The molecule has 0 radical (unpaired) electrons. The number of aromatic nitrogens is 2. The molecule has 20 heavy (non-hydrogen) atoms. The van der Waals surface area contributed by atoms with Crippen molar-refractivity contribution in [1.82, 2.24) is 9.55 Å². The lowest BCUT2D eigenvalue weighted by Gasteiger charge is -2.15. The van der Waals surface area contributed by atoms with Crippen LogP contribution in [0.1, 0.15) is 37.5 Å². The first-order valence-electron chi connectivity index (χ1n) is 6.92. The maximum atomic E-state index is 12.2. The second-order valence-corrected chi connectivity index (χ2v) is 6.66. The molecule has 2 saturated carbocycles. The molecule has 0 spiro atoms. The first-order chi connectivity index (χ1) is 9.65. The van der Waals surface area contributed by atoms with E-state index >= 15 is 0 Å².